The number of rotatable bonds is 5. The highest BCUT2D eigenvalue weighted by molar-refractivity contribution is 5.78. The van der Waals surface area contributed by atoms with Gasteiger partial charge in [-0.1, -0.05) is 0 Å². The zero-order valence-electron chi connectivity index (χ0n) is 12.8. The molecule has 0 unspecified atom stereocenters. The zero-order valence-corrected chi connectivity index (χ0v) is 12.8. The van der Waals surface area contributed by atoms with Crippen LogP contribution in [0.3, 0.4) is 0 Å². The highest BCUT2D eigenvalue weighted by atomic mass is 16.5. The molecule has 0 aliphatic carbocycles. The minimum Gasteiger partial charge on any atom is -0.373 e. The maximum atomic E-state index is 11.9. The summed E-state index contributed by atoms with van der Waals surface area (Å²) in [6, 6.07) is 0. The summed E-state index contributed by atoms with van der Waals surface area (Å²) in [7, 11) is 1.65. The smallest absolute Gasteiger partial charge is 0.343 e. The number of aromatic amines is 1. The van der Waals surface area contributed by atoms with Gasteiger partial charge in [-0.15, -0.1) is 0 Å². The average molecular weight is 297 g/mol. The van der Waals surface area contributed by atoms with Gasteiger partial charge in [-0.3, -0.25) is 14.3 Å². The quantitative estimate of drug-likeness (QED) is 0.718. The van der Waals surface area contributed by atoms with Gasteiger partial charge in [-0.2, -0.15) is 5.10 Å². The molecule has 0 saturated carbocycles. The number of carbonyl (C=O) groups is 1. The molecule has 0 spiro atoms. The second-order valence-corrected chi connectivity index (χ2v) is 5.56. The molecule has 1 saturated heterocycles. The first-order valence-electron chi connectivity index (χ1n) is 7.20. The molecule has 1 aliphatic rings. The van der Waals surface area contributed by atoms with Gasteiger partial charge in [0.2, 0.25) is 5.91 Å². The number of hydrogen-bond acceptors (Lipinski definition) is 5. The normalized spacial score (nSPS) is 23.2. The van der Waals surface area contributed by atoms with Crippen molar-refractivity contribution < 1.29 is 9.53 Å². The largest absolute Gasteiger partial charge is 0.373 e. The number of morpholine rings is 1. The van der Waals surface area contributed by atoms with Crippen molar-refractivity contribution in [3.63, 3.8) is 0 Å². The molecular weight excluding hydrogens is 274 g/mol. The molecule has 2 heterocycles. The molecule has 0 aromatic carbocycles. The second kappa shape index (κ2) is 6.86. The molecule has 2 N–H and O–H groups in total. The summed E-state index contributed by atoms with van der Waals surface area (Å²) in [4.78, 5) is 25.2. The van der Waals surface area contributed by atoms with Gasteiger partial charge < -0.3 is 10.1 Å². The lowest BCUT2D eigenvalue weighted by Gasteiger charge is -2.34. The van der Waals surface area contributed by atoms with Crippen LogP contribution in [0.25, 0.3) is 0 Å². The van der Waals surface area contributed by atoms with Crippen LogP contribution in [0.5, 0.6) is 0 Å². The zero-order chi connectivity index (χ0) is 15.4. The van der Waals surface area contributed by atoms with Crippen molar-refractivity contribution >= 4 is 5.91 Å². The summed E-state index contributed by atoms with van der Waals surface area (Å²) < 4.78 is 7.08. The van der Waals surface area contributed by atoms with E-state index in [2.05, 4.69) is 20.4 Å². The maximum Gasteiger partial charge on any atom is 0.343 e. The van der Waals surface area contributed by atoms with Gasteiger partial charge >= 0.3 is 5.69 Å². The van der Waals surface area contributed by atoms with E-state index < -0.39 is 0 Å². The van der Waals surface area contributed by atoms with Crippen molar-refractivity contribution in [2.24, 2.45) is 7.05 Å². The lowest BCUT2D eigenvalue weighted by Crippen LogP contribution is -2.49. The van der Waals surface area contributed by atoms with Crippen LogP contribution in [0.1, 0.15) is 19.7 Å². The van der Waals surface area contributed by atoms with E-state index >= 15 is 0 Å². The van der Waals surface area contributed by atoms with Crippen LogP contribution in [0.4, 0.5) is 0 Å². The molecule has 1 amide bonds. The Bertz CT molecular complexity index is 528. The Morgan fingerprint density at radius 2 is 2.10 bits per heavy atom. The van der Waals surface area contributed by atoms with E-state index in [0.717, 1.165) is 13.1 Å². The Hall–Kier alpha value is -1.67. The molecule has 118 valence electrons. The summed E-state index contributed by atoms with van der Waals surface area (Å²) in [5.41, 5.74) is -0.243. The molecule has 8 nitrogen and oxygen atoms in total. The predicted molar refractivity (Wildman–Crippen MR) is 77.0 cm³/mol. The summed E-state index contributed by atoms with van der Waals surface area (Å²) in [6.45, 7) is 6.40. The van der Waals surface area contributed by atoms with Crippen LogP contribution >= 0.6 is 0 Å². The number of carbonyl (C=O) groups excluding carboxylic acids is 1. The van der Waals surface area contributed by atoms with E-state index in [4.69, 9.17) is 4.74 Å². The van der Waals surface area contributed by atoms with Crippen molar-refractivity contribution in [1.82, 2.24) is 25.0 Å². The maximum absolute atomic E-state index is 11.9. The molecular formula is C13H23N5O3. The Labute approximate surface area is 123 Å². The predicted octanol–water partition coefficient (Wildman–Crippen LogP) is -1.12. The van der Waals surface area contributed by atoms with Gasteiger partial charge in [0.05, 0.1) is 18.8 Å². The van der Waals surface area contributed by atoms with Crippen LogP contribution in [-0.4, -0.2) is 64.0 Å². The van der Waals surface area contributed by atoms with Crippen molar-refractivity contribution in [3.8, 4) is 0 Å². The number of amides is 1. The van der Waals surface area contributed by atoms with Crippen LogP contribution in [-0.2, 0) is 23.0 Å². The number of nitrogens with one attached hydrogen (secondary N) is 2. The third-order valence-electron chi connectivity index (χ3n) is 3.51. The molecule has 0 bridgehead atoms. The van der Waals surface area contributed by atoms with Crippen molar-refractivity contribution in [2.45, 2.75) is 32.5 Å². The van der Waals surface area contributed by atoms with E-state index in [-0.39, 0.29) is 23.8 Å². The molecule has 0 radical (unpaired) electrons. The summed E-state index contributed by atoms with van der Waals surface area (Å²) in [6.07, 6.45) is 0.830. The SMILES string of the molecule is C[C@@H]1CN(CC(=O)NCCc2n[nH]c(=O)n2C)C[C@H](C)O1. The minimum atomic E-state index is -0.243. The van der Waals surface area contributed by atoms with Crippen LogP contribution in [0, 0.1) is 0 Å². The Balaban J connectivity index is 1.72. The number of ether oxygens (including phenoxy) is 1. The first kappa shape index (κ1) is 15.7. The van der Waals surface area contributed by atoms with Crippen LogP contribution < -0.4 is 11.0 Å². The Morgan fingerprint density at radius 3 is 2.67 bits per heavy atom. The average Bonchev–Trinajstić information content (AvgIpc) is 2.69. The third kappa shape index (κ3) is 4.40. The summed E-state index contributed by atoms with van der Waals surface area (Å²) >= 11 is 0. The van der Waals surface area contributed by atoms with Crippen molar-refractivity contribution in [3.05, 3.63) is 16.3 Å². The van der Waals surface area contributed by atoms with E-state index in [9.17, 15) is 9.59 Å². The van der Waals surface area contributed by atoms with Gasteiger partial charge in [0.15, 0.2) is 0 Å². The Morgan fingerprint density at radius 1 is 1.43 bits per heavy atom. The van der Waals surface area contributed by atoms with E-state index in [1.165, 1.54) is 4.57 Å². The van der Waals surface area contributed by atoms with Gasteiger partial charge in [-0.25, -0.2) is 9.89 Å². The number of aromatic nitrogens is 3. The standard InChI is InChI=1S/C13H23N5O3/c1-9-6-18(7-10(2)21-9)8-12(19)14-5-4-11-15-16-13(20)17(11)3/h9-10H,4-8H2,1-3H3,(H,14,19)(H,16,20)/t9-,10+. The topological polar surface area (TPSA) is 92.3 Å². The fourth-order valence-corrected chi connectivity index (χ4v) is 2.59. The molecule has 1 aromatic rings. The van der Waals surface area contributed by atoms with Crippen molar-refractivity contribution in [2.75, 3.05) is 26.2 Å². The van der Waals surface area contributed by atoms with E-state index in [0.29, 0.717) is 25.3 Å². The summed E-state index contributed by atoms with van der Waals surface area (Å²) in [5.74, 6) is 0.616. The highest BCUT2D eigenvalue weighted by Crippen LogP contribution is 2.09. The second-order valence-electron chi connectivity index (χ2n) is 5.56. The van der Waals surface area contributed by atoms with Crippen LogP contribution in [0.15, 0.2) is 4.79 Å². The van der Waals surface area contributed by atoms with Gasteiger partial charge in [-0.05, 0) is 13.8 Å². The Kier molecular flexibility index (Phi) is 5.13. The number of nitrogens with zero attached hydrogens (tertiary/aromatic N) is 3. The lowest BCUT2D eigenvalue weighted by atomic mass is 10.2. The van der Waals surface area contributed by atoms with E-state index in [1.807, 2.05) is 13.8 Å². The molecule has 8 heteroatoms. The minimum absolute atomic E-state index is 0.0168. The highest BCUT2D eigenvalue weighted by Gasteiger charge is 2.23. The first-order valence-corrected chi connectivity index (χ1v) is 7.20. The van der Waals surface area contributed by atoms with Crippen LogP contribution in [0.2, 0.25) is 0 Å². The van der Waals surface area contributed by atoms with Gasteiger partial charge in [0.25, 0.3) is 0 Å². The van der Waals surface area contributed by atoms with Crippen molar-refractivity contribution in [1.29, 1.82) is 0 Å². The van der Waals surface area contributed by atoms with Gasteiger partial charge in [0, 0.05) is 33.1 Å². The fraction of sp³-hybridized carbons (Fsp3) is 0.769. The molecule has 1 aromatic heterocycles. The summed E-state index contributed by atoms with van der Waals surface area (Å²) in [5, 5.41) is 9.12. The third-order valence-corrected chi connectivity index (χ3v) is 3.51. The lowest BCUT2D eigenvalue weighted by molar-refractivity contribution is -0.125. The monoisotopic (exact) mass is 297 g/mol. The molecule has 2 rings (SSSR count). The molecule has 1 aliphatic heterocycles. The molecule has 21 heavy (non-hydrogen) atoms. The first-order chi connectivity index (χ1) is 9.95. The fourth-order valence-electron chi connectivity index (χ4n) is 2.59. The number of H-pyrrole nitrogens is 1. The van der Waals surface area contributed by atoms with Gasteiger partial charge in [0.1, 0.15) is 5.82 Å². The molecule has 2 atom stereocenters. The molecule has 1 fully saturated rings. The number of hydrogen-bond donors (Lipinski definition) is 2. The van der Waals surface area contributed by atoms with E-state index in [1.54, 1.807) is 7.05 Å².